The second kappa shape index (κ2) is 4.23. The maximum absolute atomic E-state index is 5.54. The molecular formula is C9H14N4O. The first-order valence-electron chi connectivity index (χ1n) is 4.77. The summed E-state index contributed by atoms with van der Waals surface area (Å²) in [5, 5.41) is 3.19. The van der Waals surface area contributed by atoms with Crippen LogP contribution >= 0.6 is 0 Å². The van der Waals surface area contributed by atoms with Gasteiger partial charge in [0.15, 0.2) is 0 Å². The van der Waals surface area contributed by atoms with Crippen molar-refractivity contribution in [1.29, 1.82) is 0 Å². The Bertz CT molecular complexity index is 299. The number of rotatable bonds is 2. The maximum atomic E-state index is 5.54. The minimum Gasteiger partial charge on any atom is -0.384 e. The second-order valence-electron chi connectivity index (χ2n) is 3.36. The van der Waals surface area contributed by atoms with Gasteiger partial charge in [-0.3, -0.25) is 0 Å². The van der Waals surface area contributed by atoms with Crippen molar-refractivity contribution in [3.63, 3.8) is 0 Å². The number of nitrogens with one attached hydrogen (secondary N) is 1. The lowest BCUT2D eigenvalue weighted by Gasteiger charge is -2.22. The molecule has 0 amide bonds. The standard InChI is InChI=1S/C9H14N4O/c10-8-3-4-11-9(13-8)12-7-2-1-5-14-6-7/h3-4,7H,1-2,5-6H2,(H3,10,11,12,13). The molecule has 0 saturated carbocycles. The van der Waals surface area contributed by atoms with Crippen LogP contribution in [-0.4, -0.2) is 29.2 Å². The van der Waals surface area contributed by atoms with E-state index >= 15 is 0 Å². The topological polar surface area (TPSA) is 73.1 Å². The Balaban J connectivity index is 1.95. The fourth-order valence-corrected chi connectivity index (χ4v) is 1.48. The summed E-state index contributed by atoms with van der Waals surface area (Å²) in [6.07, 6.45) is 3.83. The van der Waals surface area contributed by atoms with E-state index in [-0.39, 0.29) is 0 Å². The minimum atomic E-state index is 0.311. The van der Waals surface area contributed by atoms with E-state index in [4.69, 9.17) is 10.5 Å². The van der Waals surface area contributed by atoms with Crippen LogP contribution in [0.5, 0.6) is 0 Å². The predicted molar refractivity (Wildman–Crippen MR) is 53.9 cm³/mol. The third-order valence-corrected chi connectivity index (χ3v) is 2.17. The molecule has 5 nitrogen and oxygen atoms in total. The first kappa shape index (κ1) is 9.21. The van der Waals surface area contributed by atoms with Gasteiger partial charge >= 0.3 is 0 Å². The first-order chi connectivity index (χ1) is 6.84. The van der Waals surface area contributed by atoms with Crippen LogP contribution in [0.4, 0.5) is 11.8 Å². The van der Waals surface area contributed by atoms with Gasteiger partial charge < -0.3 is 15.8 Å². The van der Waals surface area contributed by atoms with Gasteiger partial charge in [-0.2, -0.15) is 4.98 Å². The van der Waals surface area contributed by atoms with Crippen LogP contribution in [0, 0.1) is 0 Å². The highest BCUT2D eigenvalue weighted by Gasteiger charge is 2.14. The molecule has 1 aromatic heterocycles. The van der Waals surface area contributed by atoms with Gasteiger partial charge in [0, 0.05) is 12.8 Å². The molecule has 1 fully saturated rings. The lowest BCUT2D eigenvalue weighted by atomic mass is 10.1. The van der Waals surface area contributed by atoms with Gasteiger partial charge in [-0.25, -0.2) is 4.98 Å². The van der Waals surface area contributed by atoms with Crippen LogP contribution in [-0.2, 0) is 4.74 Å². The van der Waals surface area contributed by atoms with Crippen LogP contribution in [0.3, 0.4) is 0 Å². The molecule has 0 radical (unpaired) electrons. The molecule has 1 aliphatic rings. The summed E-state index contributed by atoms with van der Waals surface area (Å²) in [6.45, 7) is 1.58. The molecule has 0 bridgehead atoms. The second-order valence-corrected chi connectivity index (χ2v) is 3.36. The quantitative estimate of drug-likeness (QED) is 0.723. The molecule has 1 aliphatic heterocycles. The van der Waals surface area contributed by atoms with Crippen LogP contribution in [0.1, 0.15) is 12.8 Å². The van der Waals surface area contributed by atoms with E-state index < -0.39 is 0 Å². The number of nitrogens with two attached hydrogens (primary N) is 1. The van der Waals surface area contributed by atoms with Crippen molar-refractivity contribution >= 4 is 11.8 Å². The molecule has 1 saturated heterocycles. The number of nitrogens with zero attached hydrogens (tertiary/aromatic N) is 2. The largest absolute Gasteiger partial charge is 0.384 e. The highest BCUT2D eigenvalue weighted by atomic mass is 16.5. The Hall–Kier alpha value is -1.36. The maximum Gasteiger partial charge on any atom is 0.224 e. The number of aromatic nitrogens is 2. The Morgan fingerprint density at radius 2 is 2.50 bits per heavy atom. The van der Waals surface area contributed by atoms with Gasteiger partial charge in [-0.05, 0) is 18.9 Å². The Morgan fingerprint density at radius 3 is 3.21 bits per heavy atom. The fraction of sp³-hybridized carbons (Fsp3) is 0.556. The van der Waals surface area contributed by atoms with Crippen LogP contribution in [0.15, 0.2) is 12.3 Å². The average Bonchev–Trinajstić information content (AvgIpc) is 2.19. The first-order valence-corrected chi connectivity index (χ1v) is 4.77. The van der Waals surface area contributed by atoms with Crippen molar-refractivity contribution < 1.29 is 4.74 Å². The van der Waals surface area contributed by atoms with Gasteiger partial charge in [0.1, 0.15) is 5.82 Å². The molecular weight excluding hydrogens is 180 g/mol. The Morgan fingerprint density at radius 1 is 1.57 bits per heavy atom. The van der Waals surface area contributed by atoms with Crippen molar-refractivity contribution in [2.75, 3.05) is 24.3 Å². The highest BCUT2D eigenvalue weighted by molar-refractivity contribution is 5.35. The van der Waals surface area contributed by atoms with Gasteiger partial charge in [0.05, 0.1) is 12.6 Å². The normalized spacial score (nSPS) is 21.9. The smallest absolute Gasteiger partial charge is 0.224 e. The highest BCUT2D eigenvalue weighted by Crippen LogP contribution is 2.11. The van der Waals surface area contributed by atoms with Crippen molar-refractivity contribution in [2.45, 2.75) is 18.9 Å². The van der Waals surface area contributed by atoms with Crippen molar-refractivity contribution in [2.24, 2.45) is 0 Å². The van der Waals surface area contributed by atoms with E-state index in [1.54, 1.807) is 12.3 Å². The van der Waals surface area contributed by atoms with Gasteiger partial charge in [0.2, 0.25) is 5.95 Å². The molecule has 2 heterocycles. The van der Waals surface area contributed by atoms with E-state index in [2.05, 4.69) is 15.3 Å². The summed E-state index contributed by atoms with van der Waals surface area (Å²) >= 11 is 0. The Labute approximate surface area is 82.7 Å². The van der Waals surface area contributed by atoms with E-state index in [0.717, 1.165) is 26.1 Å². The van der Waals surface area contributed by atoms with E-state index in [9.17, 15) is 0 Å². The van der Waals surface area contributed by atoms with Crippen LogP contribution in [0.2, 0.25) is 0 Å². The van der Waals surface area contributed by atoms with Crippen LogP contribution < -0.4 is 11.1 Å². The number of hydrogen-bond acceptors (Lipinski definition) is 5. The van der Waals surface area contributed by atoms with Gasteiger partial charge in [-0.15, -0.1) is 0 Å². The molecule has 1 atom stereocenters. The zero-order valence-corrected chi connectivity index (χ0v) is 7.94. The fourth-order valence-electron chi connectivity index (χ4n) is 1.48. The lowest BCUT2D eigenvalue weighted by molar-refractivity contribution is 0.0874. The number of hydrogen-bond donors (Lipinski definition) is 2. The molecule has 0 spiro atoms. The Kier molecular flexibility index (Phi) is 2.78. The summed E-state index contributed by atoms with van der Waals surface area (Å²) in [4.78, 5) is 8.14. The summed E-state index contributed by atoms with van der Waals surface area (Å²) in [5.74, 6) is 1.07. The van der Waals surface area contributed by atoms with Crippen molar-refractivity contribution in [1.82, 2.24) is 9.97 Å². The summed E-state index contributed by atoms with van der Waals surface area (Å²) in [7, 11) is 0. The van der Waals surface area contributed by atoms with Crippen molar-refractivity contribution in [3.8, 4) is 0 Å². The molecule has 0 aromatic carbocycles. The molecule has 5 heteroatoms. The van der Waals surface area contributed by atoms with Gasteiger partial charge in [0.25, 0.3) is 0 Å². The molecule has 1 unspecified atom stereocenters. The lowest BCUT2D eigenvalue weighted by Crippen LogP contribution is -2.30. The number of ether oxygens (including phenoxy) is 1. The number of anilines is 2. The summed E-state index contributed by atoms with van der Waals surface area (Å²) in [5.41, 5.74) is 5.54. The van der Waals surface area contributed by atoms with E-state index in [1.807, 2.05) is 0 Å². The molecule has 2 rings (SSSR count). The van der Waals surface area contributed by atoms with Crippen LogP contribution in [0.25, 0.3) is 0 Å². The third kappa shape index (κ3) is 2.32. The zero-order chi connectivity index (χ0) is 9.80. The summed E-state index contributed by atoms with van der Waals surface area (Å²) in [6, 6.07) is 1.98. The molecule has 1 aromatic rings. The van der Waals surface area contributed by atoms with E-state index in [0.29, 0.717) is 17.8 Å². The van der Waals surface area contributed by atoms with Crippen molar-refractivity contribution in [3.05, 3.63) is 12.3 Å². The molecule has 14 heavy (non-hydrogen) atoms. The molecule has 3 N–H and O–H groups in total. The predicted octanol–water partition coefficient (Wildman–Crippen LogP) is 0.650. The number of nitrogen functional groups attached to an aromatic ring is 1. The molecule has 0 aliphatic carbocycles. The molecule has 76 valence electrons. The minimum absolute atomic E-state index is 0.311. The average molecular weight is 194 g/mol. The zero-order valence-electron chi connectivity index (χ0n) is 7.94. The monoisotopic (exact) mass is 194 g/mol. The third-order valence-electron chi connectivity index (χ3n) is 2.17. The summed E-state index contributed by atoms with van der Waals surface area (Å²) < 4.78 is 5.34. The SMILES string of the molecule is Nc1ccnc(NC2CCCOC2)n1. The van der Waals surface area contributed by atoms with Gasteiger partial charge in [-0.1, -0.05) is 0 Å². The van der Waals surface area contributed by atoms with E-state index in [1.165, 1.54) is 0 Å².